The first-order valence-electron chi connectivity index (χ1n) is 5.10. The smallest absolute Gasteiger partial charge is 0.105 e. The van der Waals surface area contributed by atoms with E-state index in [2.05, 4.69) is 48.1 Å². The molecule has 0 radical (unpaired) electrons. The lowest BCUT2D eigenvalue weighted by molar-refractivity contribution is -0.0698. The van der Waals surface area contributed by atoms with Crippen LogP contribution in [0.3, 0.4) is 0 Å². The number of thiophene rings is 1. The minimum atomic E-state index is -0.111. The first-order chi connectivity index (χ1) is 6.98. The second-order valence-corrected chi connectivity index (χ2v) is 5.98. The lowest BCUT2D eigenvalue weighted by Crippen LogP contribution is -2.29. The van der Waals surface area contributed by atoms with Crippen LogP contribution in [0, 0.1) is 0 Å². The van der Waals surface area contributed by atoms with Gasteiger partial charge in [-0.15, -0.1) is 11.3 Å². The van der Waals surface area contributed by atoms with Gasteiger partial charge in [0, 0.05) is 21.3 Å². The number of rotatable bonds is 5. The quantitative estimate of drug-likeness (QED) is 0.897. The predicted octanol–water partition coefficient (Wildman–Crippen LogP) is 3.72. The number of ether oxygens (including phenoxy) is 1. The molecule has 1 unspecified atom stereocenters. The average molecular weight is 292 g/mol. The monoisotopic (exact) mass is 291 g/mol. The van der Waals surface area contributed by atoms with E-state index in [1.807, 2.05) is 0 Å². The van der Waals surface area contributed by atoms with Gasteiger partial charge < -0.3 is 10.5 Å². The Balaban J connectivity index is 2.72. The van der Waals surface area contributed by atoms with Crippen LogP contribution in [0.25, 0.3) is 0 Å². The third-order valence-electron chi connectivity index (χ3n) is 2.43. The second kappa shape index (κ2) is 5.43. The molecule has 0 aliphatic rings. The Morgan fingerprint density at radius 2 is 2.27 bits per heavy atom. The van der Waals surface area contributed by atoms with E-state index in [9.17, 15) is 0 Å². The maximum atomic E-state index is 6.00. The summed E-state index contributed by atoms with van der Waals surface area (Å²) in [7, 11) is 0. The van der Waals surface area contributed by atoms with Crippen molar-refractivity contribution < 1.29 is 4.74 Å². The normalized spacial score (nSPS) is 14.2. The van der Waals surface area contributed by atoms with Gasteiger partial charge in [-0.3, -0.25) is 0 Å². The molecule has 0 amide bonds. The molecule has 0 aliphatic heterocycles. The first-order valence-corrected chi connectivity index (χ1v) is 6.77. The first kappa shape index (κ1) is 13.2. The van der Waals surface area contributed by atoms with E-state index in [1.165, 1.54) is 4.88 Å². The summed E-state index contributed by atoms with van der Waals surface area (Å²) in [4.78, 5) is 1.19. The van der Waals surface area contributed by atoms with Gasteiger partial charge in [0.05, 0.1) is 5.60 Å². The molecule has 0 bridgehead atoms. The largest absolute Gasteiger partial charge is 0.366 e. The predicted molar refractivity (Wildman–Crippen MR) is 69.3 cm³/mol. The number of hydrogen-bond acceptors (Lipinski definition) is 3. The zero-order chi connectivity index (χ0) is 11.5. The fourth-order valence-electron chi connectivity index (χ4n) is 1.19. The summed E-state index contributed by atoms with van der Waals surface area (Å²) in [5.74, 6) is 0. The second-order valence-electron chi connectivity index (χ2n) is 4.12. The maximum absolute atomic E-state index is 6.00. The lowest BCUT2D eigenvalue weighted by Gasteiger charge is -2.28. The van der Waals surface area contributed by atoms with E-state index < -0.39 is 0 Å². The van der Waals surface area contributed by atoms with Gasteiger partial charge in [0.25, 0.3) is 0 Å². The Labute approximate surface area is 104 Å². The highest BCUT2D eigenvalue weighted by Crippen LogP contribution is 2.31. The molecule has 0 spiro atoms. The lowest BCUT2D eigenvalue weighted by atomic mass is 10.1. The highest BCUT2D eigenvalue weighted by atomic mass is 79.9. The number of halogens is 1. The zero-order valence-electron chi connectivity index (χ0n) is 9.42. The van der Waals surface area contributed by atoms with Gasteiger partial charge in [0.2, 0.25) is 0 Å². The Kier molecular flexibility index (Phi) is 4.77. The molecular formula is C11H18BrNOS. The fraction of sp³-hybridized carbons (Fsp3) is 0.636. The summed E-state index contributed by atoms with van der Waals surface area (Å²) < 4.78 is 7.10. The van der Waals surface area contributed by atoms with Crippen molar-refractivity contribution in [2.24, 2.45) is 5.73 Å². The minimum Gasteiger partial charge on any atom is -0.366 e. The van der Waals surface area contributed by atoms with Crippen molar-refractivity contribution in [3.8, 4) is 0 Å². The minimum absolute atomic E-state index is 0.0104. The van der Waals surface area contributed by atoms with Crippen LogP contribution < -0.4 is 5.73 Å². The van der Waals surface area contributed by atoms with Crippen molar-refractivity contribution in [1.29, 1.82) is 0 Å². The molecule has 0 saturated heterocycles. The Bertz CT molecular complexity index is 311. The molecule has 4 heteroatoms. The van der Waals surface area contributed by atoms with Crippen LogP contribution in [-0.2, 0) is 4.74 Å². The van der Waals surface area contributed by atoms with Crippen LogP contribution in [-0.4, -0.2) is 12.1 Å². The van der Waals surface area contributed by atoms with Crippen LogP contribution in [0.5, 0.6) is 0 Å². The molecule has 15 heavy (non-hydrogen) atoms. The Morgan fingerprint density at radius 3 is 2.67 bits per heavy atom. The average Bonchev–Trinajstić information content (AvgIpc) is 2.61. The standard InChI is InChI=1S/C11H18BrNOS/c1-4-11(2,3)14-9(6-13)10-5-8(12)7-15-10/h5,7,9H,4,6,13H2,1-3H3. The van der Waals surface area contributed by atoms with E-state index in [1.54, 1.807) is 11.3 Å². The zero-order valence-corrected chi connectivity index (χ0v) is 11.8. The van der Waals surface area contributed by atoms with Gasteiger partial charge in [-0.2, -0.15) is 0 Å². The molecule has 86 valence electrons. The highest BCUT2D eigenvalue weighted by molar-refractivity contribution is 9.10. The van der Waals surface area contributed by atoms with Gasteiger partial charge in [-0.1, -0.05) is 6.92 Å². The molecule has 2 nitrogen and oxygen atoms in total. The molecular weight excluding hydrogens is 274 g/mol. The van der Waals surface area contributed by atoms with Crippen molar-refractivity contribution in [1.82, 2.24) is 0 Å². The Morgan fingerprint density at radius 1 is 1.60 bits per heavy atom. The fourth-order valence-corrected chi connectivity index (χ4v) is 2.67. The van der Waals surface area contributed by atoms with Gasteiger partial charge in [-0.05, 0) is 42.3 Å². The van der Waals surface area contributed by atoms with E-state index in [0.29, 0.717) is 6.54 Å². The number of nitrogens with two attached hydrogens (primary N) is 1. The third-order valence-corrected chi connectivity index (χ3v) is 4.22. The molecule has 1 rings (SSSR count). The van der Waals surface area contributed by atoms with E-state index in [4.69, 9.17) is 10.5 Å². The summed E-state index contributed by atoms with van der Waals surface area (Å²) in [5.41, 5.74) is 5.63. The van der Waals surface area contributed by atoms with Crippen LogP contribution in [0.15, 0.2) is 15.9 Å². The van der Waals surface area contributed by atoms with Crippen molar-refractivity contribution in [3.63, 3.8) is 0 Å². The summed E-state index contributed by atoms with van der Waals surface area (Å²) in [6, 6.07) is 2.08. The van der Waals surface area contributed by atoms with Crippen LogP contribution in [0.2, 0.25) is 0 Å². The molecule has 1 aromatic rings. The summed E-state index contributed by atoms with van der Waals surface area (Å²) >= 11 is 5.12. The van der Waals surface area contributed by atoms with Gasteiger partial charge in [0.1, 0.15) is 6.10 Å². The number of hydrogen-bond donors (Lipinski definition) is 1. The van der Waals surface area contributed by atoms with Crippen molar-refractivity contribution in [3.05, 3.63) is 20.8 Å². The van der Waals surface area contributed by atoms with E-state index in [-0.39, 0.29) is 11.7 Å². The van der Waals surface area contributed by atoms with Crippen molar-refractivity contribution in [2.75, 3.05) is 6.54 Å². The van der Waals surface area contributed by atoms with Crippen molar-refractivity contribution in [2.45, 2.75) is 38.9 Å². The Hall–Kier alpha value is 0.1000. The molecule has 1 heterocycles. The summed E-state index contributed by atoms with van der Waals surface area (Å²) in [6.45, 7) is 6.84. The molecule has 0 saturated carbocycles. The van der Waals surface area contributed by atoms with Crippen LogP contribution >= 0.6 is 27.3 Å². The molecule has 2 N–H and O–H groups in total. The highest BCUT2D eigenvalue weighted by Gasteiger charge is 2.23. The molecule has 1 atom stereocenters. The molecule has 0 aromatic carbocycles. The van der Waals surface area contributed by atoms with Gasteiger partial charge in [-0.25, -0.2) is 0 Å². The topological polar surface area (TPSA) is 35.2 Å². The van der Waals surface area contributed by atoms with Gasteiger partial charge in [0.15, 0.2) is 0 Å². The third kappa shape index (κ3) is 3.87. The molecule has 1 aromatic heterocycles. The summed E-state index contributed by atoms with van der Waals surface area (Å²) in [6.07, 6.45) is 0.993. The van der Waals surface area contributed by atoms with Gasteiger partial charge >= 0.3 is 0 Å². The summed E-state index contributed by atoms with van der Waals surface area (Å²) in [5, 5.41) is 2.06. The van der Waals surface area contributed by atoms with E-state index >= 15 is 0 Å². The van der Waals surface area contributed by atoms with Crippen LogP contribution in [0.1, 0.15) is 38.2 Å². The SMILES string of the molecule is CCC(C)(C)OC(CN)c1cc(Br)cs1. The maximum Gasteiger partial charge on any atom is 0.105 e. The van der Waals surface area contributed by atoms with E-state index in [0.717, 1.165) is 10.9 Å². The van der Waals surface area contributed by atoms with Crippen LogP contribution in [0.4, 0.5) is 0 Å². The van der Waals surface area contributed by atoms with Crippen molar-refractivity contribution >= 4 is 27.3 Å². The molecule has 0 fully saturated rings. The molecule has 0 aliphatic carbocycles.